The maximum atomic E-state index is 12.0. The van der Waals surface area contributed by atoms with Crippen molar-refractivity contribution in [1.82, 2.24) is 10.2 Å². The molecule has 1 amide bonds. The summed E-state index contributed by atoms with van der Waals surface area (Å²) in [6.45, 7) is 3.01. The molecule has 1 aromatic carbocycles. The van der Waals surface area contributed by atoms with Crippen LogP contribution in [-0.2, 0) is 14.3 Å². The number of aliphatic hydroxyl groups is 1. The third-order valence-corrected chi connectivity index (χ3v) is 4.41. The molecule has 148 valence electrons. The largest absolute Gasteiger partial charge is 0.491 e. The summed E-state index contributed by atoms with van der Waals surface area (Å²) in [5.74, 6) is -0.128. The molecule has 1 aromatic rings. The van der Waals surface area contributed by atoms with Crippen molar-refractivity contribution in [2.75, 3.05) is 33.4 Å². The van der Waals surface area contributed by atoms with Gasteiger partial charge in [-0.15, -0.1) is 0 Å². The van der Waals surface area contributed by atoms with E-state index in [1.54, 1.807) is 36.1 Å². The Balaban J connectivity index is 1.87. The van der Waals surface area contributed by atoms with Gasteiger partial charge >= 0.3 is 5.97 Å². The normalized spacial score (nSPS) is 18.5. The van der Waals surface area contributed by atoms with Crippen LogP contribution in [-0.4, -0.2) is 73.2 Å². The second-order valence-corrected chi connectivity index (χ2v) is 6.35. The maximum Gasteiger partial charge on any atom is 0.307 e. The van der Waals surface area contributed by atoms with Gasteiger partial charge in [0.1, 0.15) is 18.5 Å². The molecule has 2 N–H and O–H groups in total. The summed E-state index contributed by atoms with van der Waals surface area (Å²) in [4.78, 5) is 36.9. The molecule has 0 aromatic heterocycles. The molecule has 2 unspecified atom stereocenters. The van der Waals surface area contributed by atoms with E-state index in [-0.39, 0.29) is 31.3 Å². The number of hydrogen-bond acceptors (Lipinski definition) is 7. The van der Waals surface area contributed by atoms with Crippen LogP contribution in [0.1, 0.15) is 30.1 Å². The summed E-state index contributed by atoms with van der Waals surface area (Å²) >= 11 is 0. The van der Waals surface area contributed by atoms with Crippen molar-refractivity contribution in [3.8, 4) is 5.75 Å². The van der Waals surface area contributed by atoms with E-state index in [0.717, 1.165) is 0 Å². The van der Waals surface area contributed by atoms with E-state index in [1.807, 2.05) is 0 Å². The van der Waals surface area contributed by atoms with Gasteiger partial charge in [-0.25, -0.2) is 0 Å². The smallest absolute Gasteiger partial charge is 0.307 e. The number of benzene rings is 1. The molecule has 1 aliphatic heterocycles. The van der Waals surface area contributed by atoms with E-state index in [9.17, 15) is 19.5 Å². The Bertz CT molecular complexity index is 661. The summed E-state index contributed by atoms with van der Waals surface area (Å²) in [6, 6.07) is 6.08. The molecule has 1 fully saturated rings. The van der Waals surface area contributed by atoms with Crippen LogP contribution >= 0.6 is 0 Å². The van der Waals surface area contributed by atoms with Crippen LogP contribution in [0.5, 0.6) is 5.75 Å². The van der Waals surface area contributed by atoms with Gasteiger partial charge in [-0.1, -0.05) is 6.92 Å². The van der Waals surface area contributed by atoms with E-state index < -0.39 is 18.1 Å². The van der Waals surface area contributed by atoms with Crippen LogP contribution in [0.15, 0.2) is 24.3 Å². The number of carbonyl (C=O) groups is 3. The molecule has 1 saturated heterocycles. The van der Waals surface area contributed by atoms with Gasteiger partial charge in [0.25, 0.3) is 0 Å². The number of Topliss-reactive ketones (excluding diaryl/α,β-unsaturated/α-hetero) is 1. The fourth-order valence-electron chi connectivity index (χ4n) is 2.90. The van der Waals surface area contributed by atoms with Gasteiger partial charge in [-0.05, 0) is 24.3 Å². The number of ketones is 1. The number of ether oxygens (including phenoxy) is 2. The summed E-state index contributed by atoms with van der Waals surface area (Å²) in [7, 11) is 1.27. The van der Waals surface area contributed by atoms with Crippen LogP contribution in [0.2, 0.25) is 0 Å². The van der Waals surface area contributed by atoms with E-state index >= 15 is 0 Å². The predicted molar refractivity (Wildman–Crippen MR) is 97.6 cm³/mol. The number of aliphatic hydroxyl groups excluding tert-OH is 1. The van der Waals surface area contributed by atoms with Gasteiger partial charge in [0.2, 0.25) is 5.91 Å². The van der Waals surface area contributed by atoms with E-state index in [1.165, 1.54) is 7.11 Å². The van der Waals surface area contributed by atoms with Gasteiger partial charge in [-0.3, -0.25) is 19.3 Å². The molecule has 27 heavy (non-hydrogen) atoms. The predicted octanol–water partition coefficient (Wildman–Crippen LogP) is 0.383. The second-order valence-electron chi connectivity index (χ2n) is 6.35. The van der Waals surface area contributed by atoms with Crippen molar-refractivity contribution in [3.63, 3.8) is 0 Å². The monoisotopic (exact) mass is 378 g/mol. The molecule has 8 nitrogen and oxygen atoms in total. The van der Waals surface area contributed by atoms with E-state index in [2.05, 4.69) is 10.1 Å². The van der Waals surface area contributed by atoms with Crippen molar-refractivity contribution in [2.45, 2.75) is 31.9 Å². The molecule has 0 spiro atoms. The highest BCUT2D eigenvalue weighted by Gasteiger charge is 2.33. The standard InChI is InChI=1S/C19H26N2O6/c1-3-17(23)13-4-6-15(7-5-13)27-12-14(22)11-21-9-8-20-19(25)16(21)10-18(24)26-2/h4-7,14,16,22H,3,8-12H2,1-2H3,(H,20,25). The van der Waals surface area contributed by atoms with Gasteiger partial charge in [-0.2, -0.15) is 0 Å². The minimum absolute atomic E-state index is 0.0319. The summed E-state index contributed by atoms with van der Waals surface area (Å²) in [5, 5.41) is 13.0. The first-order chi connectivity index (χ1) is 12.9. The highest BCUT2D eigenvalue weighted by atomic mass is 16.5. The summed E-state index contributed by atoms with van der Waals surface area (Å²) < 4.78 is 10.2. The lowest BCUT2D eigenvalue weighted by atomic mass is 10.1. The van der Waals surface area contributed by atoms with E-state index in [4.69, 9.17) is 4.74 Å². The fourth-order valence-corrected chi connectivity index (χ4v) is 2.90. The molecular weight excluding hydrogens is 352 g/mol. The zero-order valence-electron chi connectivity index (χ0n) is 15.6. The number of piperazine rings is 1. The fraction of sp³-hybridized carbons (Fsp3) is 0.526. The van der Waals surface area contributed by atoms with Crippen molar-refractivity contribution < 1.29 is 29.0 Å². The number of nitrogens with one attached hydrogen (secondary N) is 1. The van der Waals surface area contributed by atoms with Crippen molar-refractivity contribution in [3.05, 3.63) is 29.8 Å². The summed E-state index contributed by atoms with van der Waals surface area (Å²) in [6.07, 6.45) is -0.467. The Morgan fingerprint density at radius 3 is 2.67 bits per heavy atom. The molecule has 8 heteroatoms. The topological polar surface area (TPSA) is 105 Å². The zero-order chi connectivity index (χ0) is 19.8. The third kappa shape index (κ3) is 6.04. The molecule has 2 rings (SSSR count). The van der Waals surface area contributed by atoms with Crippen LogP contribution < -0.4 is 10.1 Å². The number of nitrogens with zero attached hydrogens (tertiary/aromatic N) is 1. The number of hydrogen-bond donors (Lipinski definition) is 2. The Hall–Kier alpha value is -2.45. The number of carbonyl (C=O) groups excluding carboxylic acids is 3. The minimum atomic E-state index is -0.840. The van der Waals surface area contributed by atoms with Crippen LogP contribution in [0.25, 0.3) is 0 Å². The molecular formula is C19H26N2O6. The van der Waals surface area contributed by atoms with Gasteiger partial charge < -0.3 is 19.9 Å². The third-order valence-electron chi connectivity index (χ3n) is 4.41. The lowest BCUT2D eigenvalue weighted by Gasteiger charge is -2.35. The van der Waals surface area contributed by atoms with Gasteiger partial charge in [0.05, 0.1) is 19.6 Å². The van der Waals surface area contributed by atoms with Crippen LogP contribution in [0, 0.1) is 0 Å². The Kier molecular flexibility index (Phi) is 7.75. The Labute approximate surface area is 158 Å². The van der Waals surface area contributed by atoms with Gasteiger partial charge in [0, 0.05) is 31.6 Å². The molecule has 0 aliphatic carbocycles. The average Bonchev–Trinajstić information content (AvgIpc) is 2.68. The van der Waals surface area contributed by atoms with Gasteiger partial charge in [0.15, 0.2) is 5.78 Å². The maximum absolute atomic E-state index is 12.0. The quantitative estimate of drug-likeness (QED) is 0.473. The SMILES string of the molecule is CCC(=O)c1ccc(OCC(O)CN2CCNC(=O)C2CC(=O)OC)cc1. The zero-order valence-corrected chi connectivity index (χ0v) is 15.6. The van der Waals surface area contributed by atoms with Crippen molar-refractivity contribution in [2.24, 2.45) is 0 Å². The first-order valence-electron chi connectivity index (χ1n) is 8.97. The average molecular weight is 378 g/mol. The number of rotatable bonds is 9. The highest BCUT2D eigenvalue weighted by Crippen LogP contribution is 2.15. The first-order valence-corrected chi connectivity index (χ1v) is 8.97. The minimum Gasteiger partial charge on any atom is -0.491 e. The molecule has 1 heterocycles. The molecule has 1 aliphatic rings. The summed E-state index contributed by atoms with van der Waals surface area (Å²) in [5.41, 5.74) is 0.621. The highest BCUT2D eigenvalue weighted by molar-refractivity contribution is 5.95. The van der Waals surface area contributed by atoms with E-state index in [0.29, 0.717) is 30.8 Å². The van der Waals surface area contributed by atoms with Crippen LogP contribution in [0.3, 0.4) is 0 Å². The lowest BCUT2D eigenvalue weighted by Crippen LogP contribution is -2.57. The number of β-amino-alcohol motifs (C(OH)–C–C–N with tert-alkyl or cyclic N) is 1. The molecule has 0 bridgehead atoms. The lowest BCUT2D eigenvalue weighted by molar-refractivity contribution is -0.146. The molecule has 0 radical (unpaired) electrons. The Morgan fingerprint density at radius 1 is 1.33 bits per heavy atom. The number of esters is 1. The second kappa shape index (κ2) is 10.0. The first kappa shape index (κ1) is 20.9. The molecule has 0 saturated carbocycles. The number of amides is 1. The Morgan fingerprint density at radius 2 is 2.04 bits per heavy atom. The number of methoxy groups -OCH3 is 1. The van der Waals surface area contributed by atoms with Crippen molar-refractivity contribution in [1.29, 1.82) is 0 Å². The van der Waals surface area contributed by atoms with Crippen molar-refractivity contribution >= 4 is 17.7 Å². The molecule has 2 atom stereocenters. The van der Waals surface area contributed by atoms with Crippen LogP contribution in [0.4, 0.5) is 0 Å².